The molecule has 0 saturated heterocycles. The lowest BCUT2D eigenvalue weighted by molar-refractivity contribution is -0.00644. The van der Waals surface area contributed by atoms with Crippen LogP contribution in [0.4, 0.5) is 0 Å². The van der Waals surface area contributed by atoms with Crippen LogP contribution < -0.4 is 5.73 Å². The first-order chi connectivity index (χ1) is 9.01. The van der Waals surface area contributed by atoms with E-state index in [9.17, 15) is 0 Å². The van der Waals surface area contributed by atoms with E-state index < -0.39 is 0 Å². The van der Waals surface area contributed by atoms with E-state index >= 15 is 0 Å². The van der Waals surface area contributed by atoms with Crippen molar-refractivity contribution in [2.75, 3.05) is 13.2 Å². The topological polar surface area (TPSA) is 40.2 Å². The predicted molar refractivity (Wildman–Crippen MR) is 80.4 cm³/mol. The van der Waals surface area contributed by atoms with Crippen LogP contribution in [0, 0.1) is 0 Å². The van der Waals surface area contributed by atoms with E-state index in [1.165, 1.54) is 16.5 Å². The zero-order chi connectivity index (χ0) is 13.9. The van der Waals surface area contributed by atoms with E-state index in [-0.39, 0.29) is 5.60 Å². The number of aromatic nitrogens is 1. The molecule has 0 aliphatic rings. The van der Waals surface area contributed by atoms with E-state index in [0.717, 1.165) is 19.6 Å². The monoisotopic (exact) mass is 260 g/mol. The summed E-state index contributed by atoms with van der Waals surface area (Å²) in [5.74, 6) is 0. The van der Waals surface area contributed by atoms with Gasteiger partial charge in [0.05, 0.1) is 12.2 Å². The maximum atomic E-state index is 5.79. The number of hydrogen-bond acceptors (Lipinski definition) is 2. The molecule has 0 spiro atoms. The molecule has 1 aromatic heterocycles. The van der Waals surface area contributed by atoms with Gasteiger partial charge in [-0.3, -0.25) is 0 Å². The molecule has 19 heavy (non-hydrogen) atoms. The third-order valence-corrected chi connectivity index (χ3v) is 3.18. The lowest BCUT2D eigenvalue weighted by Crippen LogP contribution is -2.21. The van der Waals surface area contributed by atoms with Crippen LogP contribution >= 0.6 is 0 Å². The highest BCUT2D eigenvalue weighted by molar-refractivity contribution is 5.83. The van der Waals surface area contributed by atoms with Gasteiger partial charge in [-0.15, -0.1) is 0 Å². The number of benzene rings is 1. The van der Waals surface area contributed by atoms with E-state index in [2.05, 4.69) is 55.8 Å². The zero-order valence-corrected chi connectivity index (χ0v) is 12.1. The summed E-state index contributed by atoms with van der Waals surface area (Å²) >= 11 is 0. The Labute approximate surface area is 115 Å². The first-order valence-corrected chi connectivity index (χ1v) is 6.92. The van der Waals surface area contributed by atoms with Gasteiger partial charge in [0.15, 0.2) is 0 Å². The lowest BCUT2D eigenvalue weighted by atomic mass is 10.1. The van der Waals surface area contributed by atoms with E-state index in [1.807, 2.05) is 0 Å². The number of nitrogens with zero attached hydrogens (tertiary/aromatic N) is 1. The van der Waals surface area contributed by atoms with Crippen molar-refractivity contribution >= 4 is 10.9 Å². The first kappa shape index (κ1) is 14.1. The summed E-state index contributed by atoms with van der Waals surface area (Å²) < 4.78 is 8.04. The van der Waals surface area contributed by atoms with Crippen LogP contribution in [-0.4, -0.2) is 23.3 Å². The second kappa shape index (κ2) is 5.76. The van der Waals surface area contributed by atoms with Crippen LogP contribution in [-0.2, 0) is 17.7 Å². The molecule has 0 saturated carbocycles. The maximum absolute atomic E-state index is 5.79. The second-order valence-electron chi connectivity index (χ2n) is 5.86. The molecule has 2 aromatic rings. The molecule has 1 heterocycles. The Morgan fingerprint density at radius 2 is 2.00 bits per heavy atom. The third kappa shape index (κ3) is 3.58. The standard InChI is InChI=1S/C16H24N2O/c1-16(2,3)19-12-11-18-10-8-14-13(7-9-17)5-4-6-15(14)18/h4-6,8,10H,7,9,11-12,17H2,1-3H3. The Kier molecular flexibility index (Phi) is 4.27. The molecule has 0 fully saturated rings. The minimum Gasteiger partial charge on any atom is -0.374 e. The number of hydrogen-bond donors (Lipinski definition) is 1. The summed E-state index contributed by atoms with van der Waals surface area (Å²) in [7, 11) is 0. The van der Waals surface area contributed by atoms with Gasteiger partial charge < -0.3 is 15.0 Å². The second-order valence-corrected chi connectivity index (χ2v) is 5.86. The molecule has 2 rings (SSSR count). The fourth-order valence-corrected chi connectivity index (χ4v) is 2.31. The summed E-state index contributed by atoms with van der Waals surface area (Å²) in [6.45, 7) is 8.55. The maximum Gasteiger partial charge on any atom is 0.0652 e. The highest BCUT2D eigenvalue weighted by atomic mass is 16.5. The largest absolute Gasteiger partial charge is 0.374 e. The van der Waals surface area contributed by atoms with Crippen LogP contribution in [0.1, 0.15) is 26.3 Å². The smallest absolute Gasteiger partial charge is 0.0652 e. The normalized spacial score (nSPS) is 12.2. The van der Waals surface area contributed by atoms with Gasteiger partial charge in [0.1, 0.15) is 0 Å². The number of nitrogens with two attached hydrogens (primary N) is 1. The first-order valence-electron chi connectivity index (χ1n) is 6.92. The summed E-state index contributed by atoms with van der Waals surface area (Å²) in [5.41, 5.74) is 8.18. The summed E-state index contributed by atoms with van der Waals surface area (Å²) in [5, 5.41) is 1.31. The predicted octanol–water partition coefficient (Wildman–Crippen LogP) is 2.96. The molecule has 0 atom stereocenters. The van der Waals surface area contributed by atoms with E-state index in [4.69, 9.17) is 10.5 Å². The number of fused-ring (bicyclic) bond motifs is 1. The molecule has 0 aliphatic heterocycles. The quantitative estimate of drug-likeness (QED) is 0.898. The Morgan fingerprint density at radius 3 is 2.68 bits per heavy atom. The van der Waals surface area contributed by atoms with Crippen LogP contribution in [0.3, 0.4) is 0 Å². The fraction of sp³-hybridized carbons (Fsp3) is 0.500. The van der Waals surface area contributed by atoms with Crippen molar-refractivity contribution in [3.05, 3.63) is 36.0 Å². The molecule has 3 heteroatoms. The van der Waals surface area contributed by atoms with Crippen molar-refractivity contribution in [3.8, 4) is 0 Å². The third-order valence-electron chi connectivity index (χ3n) is 3.18. The Morgan fingerprint density at radius 1 is 1.21 bits per heavy atom. The number of ether oxygens (including phenoxy) is 1. The number of rotatable bonds is 5. The lowest BCUT2D eigenvalue weighted by Gasteiger charge is -2.19. The Bertz CT molecular complexity index is 537. The van der Waals surface area contributed by atoms with E-state index in [1.54, 1.807) is 0 Å². The molecular formula is C16H24N2O. The molecule has 0 amide bonds. The summed E-state index contributed by atoms with van der Waals surface area (Å²) in [6, 6.07) is 8.60. The minimum atomic E-state index is -0.0757. The molecule has 0 radical (unpaired) electrons. The Balaban J connectivity index is 2.14. The average Bonchev–Trinajstić information content (AvgIpc) is 2.73. The average molecular weight is 260 g/mol. The summed E-state index contributed by atoms with van der Waals surface area (Å²) in [6.07, 6.45) is 3.07. The molecule has 2 N–H and O–H groups in total. The molecule has 104 valence electrons. The van der Waals surface area contributed by atoms with E-state index in [0.29, 0.717) is 6.54 Å². The highest BCUT2D eigenvalue weighted by Crippen LogP contribution is 2.20. The molecule has 0 unspecified atom stereocenters. The van der Waals surface area contributed by atoms with Gasteiger partial charge >= 0.3 is 0 Å². The van der Waals surface area contributed by atoms with Crippen molar-refractivity contribution in [1.29, 1.82) is 0 Å². The summed E-state index contributed by atoms with van der Waals surface area (Å²) in [4.78, 5) is 0. The van der Waals surface area contributed by atoms with Crippen LogP contribution in [0.2, 0.25) is 0 Å². The molecule has 3 nitrogen and oxygen atoms in total. The van der Waals surface area contributed by atoms with Crippen LogP contribution in [0.5, 0.6) is 0 Å². The van der Waals surface area contributed by atoms with Gasteiger partial charge in [-0.1, -0.05) is 12.1 Å². The fourth-order valence-electron chi connectivity index (χ4n) is 2.31. The van der Waals surface area contributed by atoms with Crippen molar-refractivity contribution in [2.24, 2.45) is 5.73 Å². The van der Waals surface area contributed by atoms with Crippen LogP contribution in [0.25, 0.3) is 10.9 Å². The molecule has 1 aromatic carbocycles. The Hall–Kier alpha value is -1.32. The van der Waals surface area contributed by atoms with Gasteiger partial charge in [-0.05, 0) is 51.4 Å². The highest BCUT2D eigenvalue weighted by Gasteiger charge is 2.10. The van der Waals surface area contributed by atoms with Crippen molar-refractivity contribution in [2.45, 2.75) is 39.3 Å². The van der Waals surface area contributed by atoms with Gasteiger partial charge in [0, 0.05) is 23.6 Å². The molecule has 0 aliphatic carbocycles. The molecular weight excluding hydrogens is 236 g/mol. The van der Waals surface area contributed by atoms with Crippen LogP contribution in [0.15, 0.2) is 30.5 Å². The van der Waals surface area contributed by atoms with Gasteiger partial charge in [-0.2, -0.15) is 0 Å². The molecule has 0 bridgehead atoms. The SMILES string of the molecule is CC(C)(C)OCCn1ccc2c(CCN)cccc21. The van der Waals surface area contributed by atoms with Crippen molar-refractivity contribution < 1.29 is 4.74 Å². The minimum absolute atomic E-state index is 0.0757. The van der Waals surface area contributed by atoms with Gasteiger partial charge in [0.2, 0.25) is 0 Å². The van der Waals surface area contributed by atoms with Crippen molar-refractivity contribution in [3.63, 3.8) is 0 Å². The van der Waals surface area contributed by atoms with Crippen molar-refractivity contribution in [1.82, 2.24) is 4.57 Å². The zero-order valence-electron chi connectivity index (χ0n) is 12.1. The van der Waals surface area contributed by atoms with Gasteiger partial charge in [-0.25, -0.2) is 0 Å². The van der Waals surface area contributed by atoms with Gasteiger partial charge in [0.25, 0.3) is 0 Å².